The van der Waals surface area contributed by atoms with Crippen LogP contribution in [0, 0.1) is 0 Å². The van der Waals surface area contributed by atoms with Crippen molar-refractivity contribution in [3.8, 4) is 5.88 Å². The van der Waals surface area contributed by atoms with Crippen LogP contribution >= 0.6 is 0 Å². The van der Waals surface area contributed by atoms with Crippen LogP contribution in [0.5, 0.6) is 5.88 Å². The summed E-state index contributed by atoms with van der Waals surface area (Å²) in [6.45, 7) is 0.678. The quantitative estimate of drug-likeness (QED) is 0.843. The van der Waals surface area contributed by atoms with Gasteiger partial charge in [-0.1, -0.05) is 12.1 Å². The Balaban J connectivity index is 1.97. The lowest BCUT2D eigenvalue weighted by Crippen LogP contribution is -2.03. The lowest BCUT2D eigenvalue weighted by atomic mass is 10.3. The fourth-order valence-corrected chi connectivity index (χ4v) is 1.50. The van der Waals surface area contributed by atoms with E-state index in [0.717, 1.165) is 17.2 Å². The zero-order chi connectivity index (χ0) is 12.8. The Bertz CT molecular complexity index is 499. The van der Waals surface area contributed by atoms with Gasteiger partial charge in [0.2, 0.25) is 5.88 Å². The number of nitrogens with zero attached hydrogens (tertiary/aromatic N) is 2. The maximum atomic E-state index is 5.01. The van der Waals surface area contributed by atoms with E-state index in [1.807, 2.05) is 37.4 Å². The molecule has 5 heteroatoms. The molecule has 94 valence electrons. The normalized spacial score (nSPS) is 9.89. The number of rotatable bonds is 5. The van der Waals surface area contributed by atoms with Crippen LogP contribution in [-0.2, 0) is 6.54 Å². The second-order valence-corrected chi connectivity index (χ2v) is 3.72. The van der Waals surface area contributed by atoms with E-state index in [9.17, 15) is 0 Å². The molecule has 2 rings (SSSR count). The van der Waals surface area contributed by atoms with Gasteiger partial charge in [-0.15, -0.1) is 0 Å². The Hall–Kier alpha value is -2.30. The van der Waals surface area contributed by atoms with Crippen molar-refractivity contribution in [3.05, 3.63) is 42.1 Å². The second kappa shape index (κ2) is 5.86. The molecule has 2 heterocycles. The van der Waals surface area contributed by atoms with Gasteiger partial charge in [-0.3, -0.25) is 0 Å². The molecule has 18 heavy (non-hydrogen) atoms. The molecule has 0 aliphatic rings. The number of anilines is 2. The molecule has 2 aromatic heterocycles. The van der Waals surface area contributed by atoms with E-state index < -0.39 is 0 Å². The van der Waals surface area contributed by atoms with E-state index in [2.05, 4.69) is 20.6 Å². The summed E-state index contributed by atoms with van der Waals surface area (Å²) in [6, 6.07) is 9.61. The molecule has 0 saturated carbocycles. The number of hydrogen-bond acceptors (Lipinski definition) is 5. The lowest BCUT2D eigenvalue weighted by molar-refractivity contribution is 0.397. The number of pyridine rings is 2. The molecule has 0 atom stereocenters. The predicted octanol–water partition coefficient (Wildman–Crippen LogP) is 2.14. The largest absolute Gasteiger partial charge is 0.481 e. The van der Waals surface area contributed by atoms with Crippen LogP contribution in [0.3, 0.4) is 0 Å². The van der Waals surface area contributed by atoms with E-state index >= 15 is 0 Å². The first-order valence-corrected chi connectivity index (χ1v) is 5.69. The second-order valence-electron chi connectivity index (χ2n) is 3.72. The summed E-state index contributed by atoms with van der Waals surface area (Å²) < 4.78 is 5.01. The summed E-state index contributed by atoms with van der Waals surface area (Å²) in [5, 5.41) is 6.24. The van der Waals surface area contributed by atoms with E-state index in [0.29, 0.717) is 12.4 Å². The third-order valence-electron chi connectivity index (χ3n) is 2.49. The van der Waals surface area contributed by atoms with Crippen molar-refractivity contribution < 1.29 is 4.74 Å². The first-order chi connectivity index (χ1) is 8.81. The van der Waals surface area contributed by atoms with Crippen molar-refractivity contribution in [2.75, 3.05) is 24.8 Å². The fourth-order valence-electron chi connectivity index (χ4n) is 1.50. The Labute approximate surface area is 106 Å². The molecule has 0 spiro atoms. The minimum atomic E-state index is 0.619. The monoisotopic (exact) mass is 244 g/mol. The molecule has 2 aromatic rings. The Morgan fingerprint density at radius 1 is 1.17 bits per heavy atom. The van der Waals surface area contributed by atoms with Crippen LogP contribution in [0.1, 0.15) is 5.56 Å². The molecule has 0 saturated heterocycles. The van der Waals surface area contributed by atoms with Crippen molar-refractivity contribution in [1.82, 2.24) is 9.97 Å². The van der Waals surface area contributed by atoms with Crippen LogP contribution < -0.4 is 15.4 Å². The average Bonchev–Trinajstić information content (AvgIpc) is 2.46. The molecule has 0 aliphatic carbocycles. The van der Waals surface area contributed by atoms with Gasteiger partial charge in [-0.05, 0) is 17.7 Å². The molecule has 0 aromatic carbocycles. The van der Waals surface area contributed by atoms with Gasteiger partial charge < -0.3 is 15.4 Å². The number of hydrogen-bond donors (Lipinski definition) is 2. The van der Waals surface area contributed by atoms with Crippen molar-refractivity contribution in [2.24, 2.45) is 0 Å². The number of aromatic nitrogens is 2. The van der Waals surface area contributed by atoms with Crippen molar-refractivity contribution >= 4 is 11.6 Å². The Kier molecular flexibility index (Phi) is 3.96. The van der Waals surface area contributed by atoms with Gasteiger partial charge in [-0.2, -0.15) is 0 Å². The van der Waals surface area contributed by atoms with E-state index in [-0.39, 0.29) is 0 Å². The smallest absolute Gasteiger partial charge is 0.212 e. The third-order valence-corrected chi connectivity index (χ3v) is 2.49. The van der Waals surface area contributed by atoms with Crippen LogP contribution in [-0.4, -0.2) is 24.1 Å². The Morgan fingerprint density at radius 3 is 2.67 bits per heavy atom. The zero-order valence-electron chi connectivity index (χ0n) is 10.5. The number of nitrogens with one attached hydrogen (secondary N) is 2. The Morgan fingerprint density at radius 2 is 2.00 bits per heavy atom. The topological polar surface area (TPSA) is 59.1 Å². The molecular weight excluding hydrogens is 228 g/mol. The molecule has 2 N–H and O–H groups in total. The highest BCUT2D eigenvalue weighted by Gasteiger charge is 1.98. The number of ether oxygens (including phenoxy) is 1. The van der Waals surface area contributed by atoms with Crippen molar-refractivity contribution in [3.63, 3.8) is 0 Å². The number of methoxy groups -OCH3 is 1. The molecule has 0 amide bonds. The van der Waals surface area contributed by atoms with E-state index in [1.165, 1.54) is 0 Å². The van der Waals surface area contributed by atoms with Crippen molar-refractivity contribution in [2.45, 2.75) is 6.54 Å². The van der Waals surface area contributed by atoms with Gasteiger partial charge >= 0.3 is 0 Å². The minimum absolute atomic E-state index is 0.619. The van der Waals surface area contributed by atoms with E-state index in [4.69, 9.17) is 4.74 Å². The van der Waals surface area contributed by atoms with Gasteiger partial charge in [0.25, 0.3) is 0 Å². The van der Waals surface area contributed by atoms with Gasteiger partial charge in [0.1, 0.15) is 11.6 Å². The maximum Gasteiger partial charge on any atom is 0.212 e. The molecule has 0 fully saturated rings. The first-order valence-electron chi connectivity index (χ1n) is 5.69. The molecular formula is C13H16N4O. The molecule has 0 bridgehead atoms. The standard InChI is InChI=1S/C13H16N4O/c1-14-11-4-3-5-12(17-11)15-8-10-6-7-13(18-2)16-9-10/h3-7,9H,8H2,1-2H3,(H2,14,15,17). The van der Waals surface area contributed by atoms with Gasteiger partial charge in [-0.25, -0.2) is 9.97 Å². The van der Waals surface area contributed by atoms with Gasteiger partial charge in [0.05, 0.1) is 7.11 Å². The summed E-state index contributed by atoms with van der Waals surface area (Å²) in [5.74, 6) is 2.29. The highest BCUT2D eigenvalue weighted by atomic mass is 16.5. The zero-order valence-corrected chi connectivity index (χ0v) is 10.5. The average molecular weight is 244 g/mol. The van der Waals surface area contributed by atoms with Gasteiger partial charge in [0, 0.05) is 25.9 Å². The minimum Gasteiger partial charge on any atom is -0.481 e. The summed E-state index contributed by atoms with van der Waals surface area (Å²) in [6.07, 6.45) is 1.79. The summed E-state index contributed by atoms with van der Waals surface area (Å²) in [7, 11) is 3.45. The van der Waals surface area contributed by atoms with Crippen LogP contribution in [0.4, 0.5) is 11.6 Å². The van der Waals surface area contributed by atoms with Crippen LogP contribution in [0.25, 0.3) is 0 Å². The summed E-state index contributed by atoms with van der Waals surface area (Å²) in [4.78, 5) is 8.52. The van der Waals surface area contributed by atoms with Crippen LogP contribution in [0.15, 0.2) is 36.5 Å². The van der Waals surface area contributed by atoms with E-state index in [1.54, 1.807) is 13.3 Å². The molecule has 0 radical (unpaired) electrons. The highest BCUT2D eigenvalue weighted by Crippen LogP contribution is 2.11. The molecule has 0 aliphatic heterocycles. The third kappa shape index (κ3) is 3.10. The predicted molar refractivity (Wildman–Crippen MR) is 71.9 cm³/mol. The summed E-state index contributed by atoms with van der Waals surface area (Å²) in [5.41, 5.74) is 1.08. The van der Waals surface area contributed by atoms with Crippen molar-refractivity contribution in [1.29, 1.82) is 0 Å². The van der Waals surface area contributed by atoms with Gasteiger partial charge in [0.15, 0.2) is 0 Å². The first kappa shape index (κ1) is 12.2. The maximum absolute atomic E-state index is 5.01. The SMILES string of the molecule is CNc1cccc(NCc2ccc(OC)nc2)n1. The fraction of sp³-hybridized carbons (Fsp3) is 0.231. The molecule has 0 unspecified atom stereocenters. The summed E-state index contributed by atoms with van der Waals surface area (Å²) >= 11 is 0. The lowest BCUT2D eigenvalue weighted by Gasteiger charge is -2.07. The highest BCUT2D eigenvalue weighted by molar-refractivity contribution is 5.44. The molecule has 5 nitrogen and oxygen atoms in total. The van der Waals surface area contributed by atoms with Crippen LogP contribution in [0.2, 0.25) is 0 Å².